The molecule has 2 aliphatic rings. The summed E-state index contributed by atoms with van der Waals surface area (Å²) < 4.78 is 0.758. The molecule has 1 saturated carbocycles. The lowest BCUT2D eigenvalue weighted by Crippen LogP contribution is -2.27. The first kappa shape index (κ1) is 11.6. The number of aliphatic carboxylic acids is 1. The van der Waals surface area contributed by atoms with E-state index in [0.717, 1.165) is 36.2 Å². The van der Waals surface area contributed by atoms with Crippen molar-refractivity contribution in [1.82, 2.24) is 0 Å². The second-order valence-electron chi connectivity index (χ2n) is 4.41. The topological polar surface area (TPSA) is 37.3 Å². The van der Waals surface area contributed by atoms with Gasteiger partial charge in [0.2, 0.25) is 0 Å². The van der Waals surface area contributed by atoms with Crippen molar-refractivity contribution in [2.45, 2.75) is 36.7 Å². The molecule has 2 fully saturated rings. The van der Waals surface area contributed by atoms with Gasteiger partial charge in [0.1, 0.15) is 0 Å². The molecule has 4 heteroatoms. The summed E-state index contributed by atoms with van der Waals surface area (Å²) in [5, 5.41) is 8.92. The zero-order valence-electron chi connectivity index (χ0n) is 8.85. The number of hydrogen-bond donors (Lipinski definition) is 1. The van der Waals surface area contributed by atoms with E-state index in [4.69, 9.17) is 5.11 Å². The highest BCUT2D eigenvalue weighted by Crippen LogP contribution is 2.43. The molecule has 0 spiro atoms. The van der Waals surface area contributed by atoms with Gasteiger partial charge in [-0.05, 0) is 49.5 Å². The highest BCUT2D eigenvalue weighted by molar-refractivity contribution is 8.17. The molecule has 2 rings (SSSR count). The van der Waals surface area contributed by atoms with Gasteiger partial charge in [-0.25, -0.2) is 0 Å². The summed E-state index contributed by atoms with van der Waals surface area (Å²) >= 11 is 4.19. The molecule has 0 aromatic rings. The van der Waals surface area contributed by atoms with Crippen molar-refractivity contribution < 1.29 is 9.90 Å². The standard InChI is InChI=1S/C11H18O2S2/c12-10(13)8-2-4-9(5-3-8)11-14-6-1-7-15-11/h8-9,11H,1-7H2,(H,12,13). The summed E-state index contributed by atoms with van der Waals surface area (Å²) in [7, 11) is 0. The third-order valence-corrected chi connectivity index (χ3v) is 6.65. The molecule has 1 aliphatic heterocycles. The summed E-state index contributed by atoms with van der Waals surface area (Å²) in [5.74, 6) is 2.74. The van der Waals surface area contributed by atoms with Gasteiger partial charge < -0.3 is 5.11 Å². The molecular formula is C11H18O2S2. The van der Waals surface area contributed by atoms with Gasteiger partial charge in [-0.3, -0.25) is 4.79 Å². The van der Waals surface area contributed by atoms with Crippen molar-refractivity contribution in [3.05, 3.63) is 0 Å². The normalized spacial score (nSPS) is 33.9. The number of carbonyl (C=O) groups is 1. The van der Waals surface area contributed by atoms with Crippen molar-refractivity contribution in [1.29, 1.82) is 0 Å². The second-order valence-corrected chi connectivity index (χ2v) is 7.21. The Labute approximate surface area is 99.6 Å². The van der Waals surface area contributed by atoms with E-state index in [0.29, 0.717) is 0 Å². The maximum absolute atomic E-state index is 10.8. The Hall–Kier alpha value is 0.170. The van der Waals surface area contributed by atoms with Crippen molar-refractivity contribution in [3.63, 3.8) is 0 Å². The quantitative estimate of drug-likeness (QED) is 0.812. The van der Waals surface area contributed by atoms with Crippen molar-refractivity contribution in [2.24, 2.45) is 11.8 Å². The van der Waals surface area contributed by atoms with Crippen LogP contribution in [0, 0.1) is 11.8 Å². The van der Waals surface area contributed by atoms with E-state index in [1.54, 1.807) is 0 Å². The van der Waals surface area contributed by atoms with E-state index in [9.17, 15) is 4.79 Å². The SMILES string of the molecule is O=C(O)C1CCC(C2SCCCS2)CC1. The molecule has 0 amide bonds. The third kappa shape index (κ3) is 3.06. The van der Waals surface area contributed by atoms with E-state index in [1.165, 1.54) is 17.9 Å². The van der Waals surface area contributed by atoms with E-state index in [2.05, 4.69) is 23.5 Å². The fraction of sp³-hybridized carbons (Fsp3) is 0.909. The molecule has 2 nitrogen and oxygen atoms in total. The Kier molecular flexibility index (Phi) is 4.26. The van der Waals surface area contributed by atoms with Crippen LogP contribution < -0.4 is 0 Å². The predicted molar refractivity (Wildman–Crippen MR) is 66.4 cm³/mol. The van der Waals surface area contributed by atoms with Crippen LogP contribution >= 0.6 is 23.5 Å². The van der Waals surface area contributed by atoms with Crippen LogP contribution in [-0.4, -0.2) is 27.2 Å². The maximum Gasteiger partial charge on any atom is 0.306 e. The largest absolute Gasteiger partial charge is 0.481 e. The average molecular weight is 246 g/mol. The Morgan fingerprint density at radius 2 is 1.67 bits per heavy atom. The second kappa shape index (κ2) is 5.48. The average Bonchev–Trinajstić information content (AvgIpc) is 2.30. The van der Waals surface area contributed by atoms with Crippen molar-refractivity contribution >= 4 is 29.5 Å². The first-order valence-corrected chi connectivity index (χ1v) is 7.83. The molecule has 1 saturated heterocycles. The predicted octanol–water partition coefficient (Wildman–Crippen LogP) is 3.07. The zero-order chi connectivity index (χ0) is 10.7. The lowest BCUT2D eigenvalue weighted by Gasteiger charge is -2.33. The van der Waals surface area contributed by atoms with Crippen LogP contribution in [0.1, 0.15) is 32.1 Å². The summed E-state index contributed by atoms with van der Waals surface area (Å²) in [5.41, 5.74) is 0. The fourth-order valence-corrected chi connectivity index (χ4v) is 5.74. The van der Waals surface area contributed by atoms with E-state index in [-0.39, 0.29) is 5.92 Å². The lowest BCUT2D eigenvalue weighted by molar-refractivity contribution is -0.143. The highest BCUT2D eigenvalue weighted by atomic mass is 32.2. The molecule has 0 unspecified atom stereocenters. The molecule has 1 aliphatic carbocycles. The zero-order valence-corrected chi connectivity index (χ0v) is 10.5. The molecule has 15 heavy (non-hydrogen) atoms. The van der Waals surface area contributed by atoms with Crippen LogP contribution in [0.25, 0.3) is 0 Å². The molecule has 1 heterocycles. The smallest absolute Gasteiger partial charge is 0.306 e. The number of rotatable bonds is 2. The van der Waals surface area contributed by atoms with Crippen LogP contribution in [0.15, 0.2) is 0 Å². The minimum absolute atomic E-state index is 0.0557. The van der Waals surface area contributed by atoms with E-state index < -0.39 is 5.97 Å². The number of carboxylic acid groups (broad SMARTS) is 1. The molecular weight excluding hydrogens is 228 g/mol. The minimum atomic E-state index is -0.586. The van der Waals surface area contributed by atoms with Crippen LogP contribution in [0.2, 0.25) is 0 Å². The monoisotopic (exact) mass is 246 g/mol. The summed E-state index contributed by atoms with van der Waals surface area (Å²) in [6.45, 7) is 0. The van der Waals surface area contributed by atoms with Crippen LogP contribution in [0.5, 0.6) is 0 Å². The van der Waals surface area contributed by atoms with Crippen LogP contribution in [0.4, 0.5) is 0 Å². The van der Waals surface area contributed by atoms with Gasteiger partial charge in [-0.15, -0.1) is 23.5 Å². The Bertz CT molecular complexity index is 219. The van der Waals surface area contributed by atoms with Crippen molar-refractivity contribution in [2.75, 3.05) is 11.5 Å². The molecule has 0 aromatic carbocycles. The highest BCUT2D eigenvalue weighted by Gasteiger charge is 2.31. The Morgan fingerprint density at radius 1 is 1.07 bits per heavy atom. The third-order valence-electron chi connectivity index (χ3n) is 3.36. The van der Waals surface area contributed by atoms with Gasteiger partial charge in [0.15, 0.2) is 0 Å². The fourth-order valence-electron chi connectivity index (χ4n) is 2.42. The number of hydrogen-bond acceptors (Lipinski definition) is 3. The summed E-state index contributed by atoms with van der Waals surface area (Å²) in [6.07, 6.45) is 5.40. The molecule has 1 N–H and O–H groups in total. The first-order chi connectivity index (χ1) is 7.27. The molecule has 86 valence electrons. The molecule has 0 radical (unpaired) electrons. The van der Waals surface area contributed by atoms with Gasteiger partial charge in [-0.2, -0.15) is 0 Å². The van der Waals surface area contributed by atoms with Crippen molar-refractivity contribution in [3.8, 4) is 0 Å². The Morgan fingerprint density at radius 3 is 2.20 bits per heavy atom. The Balaban J connectivity index is 1.79. The number of carboxylic acids is 1. The molecule has 0 atom stereocenters. The van der Waals surface area contributed by atoms with Gasteiger partial charge in [-0.1, -0.05) is 0 Å². The van der Waals surface area contributed by atoms with Crippen LogP contribution in [0.3, 0.4) is 0 Å². The van der Waals surface area contributed by atoms with Crippen LogP contribution in [-0.2, 0) is 4.79 Å². The maximum atomic E-state index is 10.8. The van der Waals surface area contributed by atoms with Gasteiger partial charge in [0.05, 0.1) is 10.5 Å². The number of thioether (sulfide) groups is 2. The van der Waals surface area contributed by atoms with Gasteiger partial charge in [0.25, 0.3) is 0 Å². The van der Waals surface area contributed by atoms with E-state index in [1.807, 2.05) is 0 Å². The summed E-state index contributed by atoms with van der Waals surface area (Å²) in [6, 6.07) is 0. The summed E-state index contributed by atoms with van der Waals surface area (Å²) in [4.78, 5) is 10.8. The lowest BCUT2D eigenvalue weighted by atomic mass is 9.83. The first-order valence-electron chi connectivity index (χ1n) is 5.73. The molecule has 0 bridgehead atoms. The van der Waals surface area contributed by atoms with Gasteiger partial charge >= 0.3 is 5.97 Å². The van der Waals surface area contributed by atoms with E-state index >= 15 is 0 Å². The molecule has 0 aromatic heterocycles. The van der Waals surface area contributed by atoms with Gasteiger partial charge in [0, 0.05) is 0 Å². The minimum Gasteiger partial charge on any atom is -0.481 e.